The third-order valence-corrected chi connectivity index (χ3v) is 7.56. The van der Waals surface area contributed by atoms with Gasteiger partial charge in [-0.3, -0.25) is 19.1 Å². The minimum atomic E-state index is -0.166. The molecule has 3 heterocycles. The van der Waals surface area contributed by atoms with Crippen LogP contribution >= 0.6 is 0 Å². The van der Waals surface area contributed by atoms with Crippen LogP contribution in [0.25, 0.3) is 22.2 Å². The zero-order valence-corrected chi connectivity index (χ0v) is 21.7. The van der Waals surface area contributed by atoms with Gasteiger partial charge in [0.2, 0.25) is 0 Å². The third kappa shape index (κ3) is 4.13. The molecule has 0 saturated carbocycles. The van der Waals surface area contributed by atoms with Crippen molar-refractivity contribution in [2.45, 2.75) is 19.3 Å². The van der Waals surface area contributed by atoms with Gasteiger partial charge in [-0.15, -0.1) is 0 Å². The molecule has 0 aliphatic carbocycles. The predicted molar refractivity (Wildman–Crippen MR) is 146 cm³/mol. The van der Waals surface area contributed by atoms with Gasteiger partial charge in [-0.2, -0.15) is 0 Å². The van der Waals surface area contributed by atoms with Crippen LogP contribution < -0.4 is 14.2 Å². The minimum absolute atomic E-state index is 0.163. The Bertz CT molecular complexity index is 1530. The summed E-state index contributed by atoms with van der Waals surface area (Å²) in [5.74, 6) is 1.64. The maximum atomic E-state index is 14.0. The highest BCUT2D eigenvalue weighted by Crippen LogP contribution is 2.44. The maximum absolute atomic E-state index is 14.0. The van der Waals surface area contributed by atoms with Gasteiger partial charge in [0.1, 0.15) is 23.9 Å². The summed E-state index contributed by atoms with van der Waals surface area (Å²) in [4.78, 5) is 29.9. The Morgan fingerprint density at radius 3 is 2.24 bits per heavy atom. The summed E-state index contributed by atoms with van der Waals surface area (Å²) in [5, 5.41) is 0.674. The second-order valence-electron chi connectivity index (χ2n) is 9.76. The van der Waals surface area contributed by atoms with Gasteiger partial charge in [-0.05, 0) is 86.6 Å². The van der Waals surface area contributed by atoms with Gasteiger partial charge in [0.15, 0.2) is 5.78 Å². The fourth-order valence-corrected chi connectivity index (χ4v) is 5.57. The van der Waals surface area contributed by atoms with Crippen molar-refractivity contribution in [1.29, 1.82) is 0 Å². The summed E-state index contributed by atoms with van der Waals surface area (Å²) in [6, 6.07) is 18.0. The molecule has 7 heteroatoms. The molecule has 0 atom stereocenters. The lowest BCUT2D eigenvalue weighted by molar-refractivity contribution is 0.0973. The lowest BCUT2D eigenvalue weighted by atomic mass is 9.95. The van der Waals surface area contributed by atoms with E-state index in [-0.39, 0.29) is 11.7 Å². The summed E-state index contributed by atoms with van der Waals surface area (Å²) in [6.07, 6.45) is 3.82. The number of hydrogen-bond donors (Lipinski definition) is 0. The van der Waals surface area contributed by atoms with Gasteiger partial charge >= 0.3 is 0 Å². The standard InChI is InChI=1S/C31H30N2O5/c1-36-22-10-12-24-25(18-22)29-28(26-19-23(37-2)11-13-27(26)33(29)31(24)35)30(34)20-6-8-21(9-7-20)38-17-16-32-14-4-3-5-15-32/h6-13,18-19H,3-5,14-17H2,1-2H3. The molecule has 6 rings (SSSR count). The first kappa shape index (κ1) is 24.2. The van der Waals surface area contributed by atoms with Gasteiger partial charge in [0.25, 0.3) is 5.91 Å². The molecular formula is C31H30N2O5. The van der Waals surface area contributed by atoms with E-state index in [9.17, 15) is 9.59 Å². The Labute approximate surface area is 221 Å². The monoisotopic (exact) mass is 510 g/mol. The van der Waals surface area contributed by atoms with Crippen LogP contribution in [0.1, 0.15) is 45.5 Å². The van der Waals surface area contributed by atoms with Crippen LogP contribution in [0.3, 0.4) is 0 Å². The van der Waals surface area contributed by atoms with E-state index in [1.165, 1.54) is 19.3 Å². The normalized spacial score (nSPS) is 14.8. The molecule has 0 N–H and O–H groups in total. The van der Waals surface area contributed by atoms with Crippen LogP contribution in [-0.4, -0.2) is 61.6 Å². The molecule has 7 nitrogen and oxygen atoms in total. The fourth-order valence-electron chi connectivity index (χ4n) is 5.57. The summed E-state index contributed by atoms with van der Waals surface area (Å²) < 4.78 is 18.5. The predicted octanol–water partition coefficient (Wildman–Crippen LogP) is 5.42. The Hall–Kier alpha value is -4.10. The largest absolute Gasteiger partial charge is 0.497 e. The Morgan fingerprint density at radius 2 is 1.50 bits per heavy atom. The summed E-state index contributed by atoms with van der Waals surface area (Å²) in [7, 11) is 3.17. The quantitative estimate of drug-likeness (QED) is 0.260. The smallest absolute Gasteiger partial charge is 0.263 e. The van der Waals surface area contributed by atoms with E-state index >= 15 is 0 Å². The van der Waals surface area contributed by atoms with Crippen molar-refractivity contribution in [1.82, 2.24) is 9.47 Å². The Balaban J connectivity index is 1.35. The number of hydrogen-bond acceptors (Lipinski definition) is 6. The van der Waals surface area contributed by atoms with E-state index < -0.39 is 0 Å². The molecule has 194 valence electrons. The highest BCUT2D eigenvalue weighted by molar-refractivity contribution is 6.26. The molecule has 0 radical (unpaired) electrons. The van der Waals surface area contributed by atoms with Crippen LogP contribution in [0.2, 0.25) is 0 Å². The number of carbonyl (C=O) groups is 2. The molecule has 0 amide bonds. The number of aromatic nitrogens is 1. The molecule has 0 unspecified atom stereocenters. The van der Waals surface area contributed by atoms with Crippen LogP contribution in [0, 0.1) is 0 Å². The number of methoxy groups -OCH3 is 2. The SMILES string of the molecule is COc1ccc2c(c1)-c1c(C(=O)c3ccc(OCCN4CCCCC4)cc3)c3cc(OC)ccc3n1C2=O. The third-order valence-electron chi connectivity index (χ3n) is 7.56. The molecule has 1 aromatic heterocycles. The average molecular weight is 511 g/mol. The molecule has 1 fully saturated rings. The summed E-state index contributed by atoms with van der Waals surface area (Å²) in [5.41, 5.74) is 3.48. The number of nitrogens with zero attached hydrogens (tertiary/aromatic N) is 2. The minimum Gasteiger partial charge on any atom is -0.497 e. The van der Waals surface area contributed by atoms with Gasteiger partial charge in [-0.25, -0.2) is 0 Å². The molecular weight excluding hydrogens is 480 g/mol. The molecule has 4 aromatic rings. The van der Waals surface area contributed by atoms with Gasteiger partial charge < -0.3 is 14.2 Å². The number of fused-ring (bicyclic) bond motifs is 5. The van der Waals surface area contributed by atoms with Gasteiger partial charge in [0.05, 0.1) is 31.0 Å². The number of likely N-dealkylation sites (tertiary alicyclic amines) is 1. The van der Waals surface area contributed by atoms with E-state index in [4.69, 9.17) is 14.2 Å². The van der Waals surface area contributed by atoms with Crippen LogP contribution in [0.15, 0.2) is 60.7 Å². The first-order valence-corrected chi connectivity index (χ1v) is 13.0. The number of benzene rings is 3. The topological polar surface area (TPSA) is 70.0 Å². The molecule has 1 saturated heterocycles. The number of ether oxygens (including phenoxy) is 3. The number of carbonyl (C=O) groups excluding carboxylic acids is 2. The first-order valence-electron chi connectivity index (χ1n) is 13.0. The van der Waals surface area contributed by atoms with Crippen LogP contribution in [0.4, 0.5) is 0 Å². The van der Waals surface area contributed by atoms with E-state index in [1.807, 2.05) is 30.3 Å². The lowest BCUT2D eigenvalue weighted by Crippen LogP contribution is -2.33. The van der Waals surface area contributed by atoms with E-state index in [2.05, 4.69) is 4.90 Å². The zero-order chi connectivity index (χ0) is 26.2. The second kappa shape index (κ2) is 9.99. The molecule has 38 heavy (non-hydrogen) atoms. The average Bonchev–Trinajstić information content (AvgIpc) is 3.45. The second-order valence-corrected chi connectivity index (χ2v) is 9.76. The Morgan fingerprint density at radius 1 is 0.816 bits per heavy atom. The highest BCUT2D eigenvalue weighted by Gasteiger charge is 2.35. The zero-order valence-electron chi connectivity index (χ0n) is 21.7. The van der Waals surface area contributed by atoms with E-state index in [0.717, 1.165) is 25.4 Å². The van der Waals surface area contributed by atoms with Crippen molar-refractivity contribution in [3.8, 4) is 28.5 Å². The molecule has 2 aliphatic heterocycles. The summed E-state index contributed by atoms with van der Waals surface area (Å²) in [6.45, 7) is 3.79. The molecule has 0 spiro atoms. The number of rotatable bonds is 8. The molecule has 0 bridgehead atoms. The number of piperidine rings is 1. The van der Waals surface area contributed by atoms with Gasteiger partial charge in [0, 0.05) is 28.6 Å². The number of ketones is 1. The van der Waals surface area contributed by atoms with Crippen LogP contribution in [-0.2, 0) is 0 Å². The van der Waals surface area contributed by atoms with Crippen molar-refractivity contribution in [2.24, 2.45) is 0 Å². The van der Waals surface area contributed by atoms with E-state index in [1.54, 1.807) is 49.1 Å². The lowest BCUT2D eigenvalue weighted by Gasteiger charge is -2.26. The van der Waals surface area contributed by atoms with Crippen molar-refractivity contribution in [2.75, 3.05) is 40.5 Å². The fraction of sp³-hybridized carbons (Fsp3) is 0.290. The van der Waals surface area contributed by atoms with Crippen LogP contribution in [0.5, 0.6) is 17.2 Å². The van der Waals surface area contributed by atoms with Gasteiger partial charge in [-0.1, -0.05) is 6.42 Å². The van der Waals surface area contributed by atoms with Crippen molar-refractivity contribution in [3.63, 3.8) is 0 Å². The van der Waals surface area contributed by atoms with Crippen molar-refractivity contribution in [3.05, 3.63) is 77.4 Å². The maximum Gasteiger partial charge on any atom is 0.263 e. The van der Waals surface area contributed by atoms with E-state index in [0.29, 0.717) is 57.0 Å². The van der Waals surface area contributed by atoms with Crippen molar-refractivity contribution >= 4 is 22.6 Å². The molecule has 2 aliphatic rings. The highest BCUT2D eigenvalue weighted by atomic mass is 16.5. The van der Waals surface area contributed by atoms with Crippen molar-refractivity contribution < 1.29 is 23.8 Å². The first-order chi connectivity index (χ1) is 18.6. The summed E-state index contributed by atoms with van der Waals surface area (Å²) >= 11 is 0. The Kier molecular flexibility index (Phi) is 6.37. The molecule has 3 aromatic carbocycles.